The Morgan fingerprint density at radius 2 is 2.00 bits per heavy atom. The van der Waals surface area contributed by atoms with E-state index in [1.54, 1.807) is 0 Å². The average molecular weight is 215 g/mol. The number of rotatable bonds is 2. The average Bonchev–Trinajstić information content (AvgIpc) is 2.63. The minimum absolute atomic E-state index is 0.465. The van der Waals surface area contributed by atoms with E-state index in [0.717, 1.165) is 17.0 Å². The molecule has 0 saturated carbocycles. The zero-order chi connectivity index (χ0) is 11.7. The molecule has 0 fully saturated rings. The van der Waals surface area contributed by atoms with E-state index in [4.69, 9.17) is 5.73 Å². The van der Waals surface area contributed by atoms with E-state index in [1.165, 1.54) is 16.7 Å². The van der Waals surface area contributed by atoms with E-state index in [9.17, 15) is 0 Å². The Morgan fingerprint density at radius 3 is 2.69 bits per heavy atom. The highest BCUT2D eigenvalue weighted by atomic mass is 15.1. The molecule has 2 aromatic rings. The zero-order valence-electron chi connectivity index (χ0n) is 9.96. The minimum atomic E-state index is 0.465. The number of aromatic nitrogens is 2. The first-order valence-electron chi connectivity index (χ1n) is 5.45. The molecular weight excluding hydrogens is 198 g/mol. The lowest BCUT2D eigenvalue weighted by molar-refractivity contribution is 0.939. The zero-order valence-corrected chi connectivity index (χ0v) is 9.96. The first-order valence-corrected chi connectivity index (χ1v) is 5.45. The van der Waals surface area contributed by atoms with Crippen molar-refractivity contribution >= 4 is 0 Å². The number of hydrogen-bond acceptors (Lipinski definition) is 2. The van der Waals surface area contributed by atoms with Gasteiger partial charge in [-0.3, -0.25) is 5.10 Å². The second kappa shape index (κ2) is 4.10. The summed E-state index contributed by atoms with van der Waals surface area (Å²) in [5.74, 6) is 0. The van der Waals surface area contributed by atoms with Gasteiger partial charge in [0.2, 0.25) is 0 Å². The number of nitrogens with two attached hydrogens (primary N) is 1. The lowest BCUT2D eigenvalue weighted by Gasteiger charge is -2.08. The number of hydrogen-bond donors (Lipinski definition) is 2. The van der Waals surface area contributed by atoms with Crippen molar-refractivity contribution in [1.82, 2.24) is 10.2 Å². The van der Waals surface area contributed by atoms with Crippen LogP contribution in [-0.2, 0) is 6.54 Å². The van der Waals surface area contributed by atoms with Crippen molar-refractivity contribution in [1.29, 1.82) is 0 Å². The van der Waals surface area contributed by atoms with Crippen LogP contribution in [0.2, 0.25) is 0 Å². The monoisotopic (exact) mass is 215 g/mol. The van der Waals surface area contributed by atoms with E-state index < -0.39 is 0 Å². The maximum atomic E-state index is 5.71. The third-order valence-electron chi connectivity index (χ3n) is 2.88. The molecule has 3 nitrogen and oxygen atoms in total. The number of aromatic amines is 1. The van der Waals surface area contributed by atoms with Gasteiger partial charge in [0.1, 0.15) is 0 Å². The molecule has 3 heteroatoms. The highest BCUT2D eigenvalue weighted by Gasteiger charge is 2.13. The molecule has 1 aromatic carbocycles. The molecule has 2 rings (SSSR count). The summed E-state index contributed by atoms with van der Waals surface area (Å²) in [6.07, 6.45) is 0. The summed E-state index contributed by atoms with van der Waals surface area (Å²) in [6.45, 7) is 6.71. The molecule has 0 unspecified atom stereocenters. The third kappa shape index (κ3) is 1.74. The molecule has 0 aliphatic rings. The van der Waals surface area contributed by atoms with Gasteiger partial charge in [-0.05, 0) is 31.9 Å². The molecule has 0 radical (unpaired) electrons. The molecule has 1 heterocycles. The van der Waals surface area contributed by atoms with Crippen LogP contribution in [0, 0.1) is 20.8 Å². The highest BCUT2D eigenvalue weighted by Crippen LogP contribution is 2.29. The van der Waals surface area contributed by atoms with E-state index in [2.05, 4.69) is 42.2 Å². The Hall–Kier alpha value is -1.61. The fourth-order valence-corrected chi connectivity index (χ4v) is 1.99. The van der Waals surface area contributed by atoms with E-state index in [1.807, 2.05) is 6.92 Å². The lowest BCUT2D eigenvalue weighted by atomic mass is 9.97. The van der Waals surface area contributed by atoms with Gasteiger partial charge in [0, 0.05) is 17.8 Å². The highest BCUT2D eigenvalue weighted by molar-refractivity contribution is 5.72. The van der Waals surface area contributed by atoms with Gasteiger partial charge in [0.05, 0.1) is 5.69 Å². The van der Waals surface area contributed by atoms with E-state index in [-0.39, 0.29) is 0 Å². The summed E-state index contributed by atoms with van der Waals surface area (Å²) < 4.78 is 0. The molecule has 0 saturated heterocycles. The van der Waals surface area contributed by atoms with Crippen molar-refractivity contribution in [2.75, 3.05) is 0 Å². The van der Waals surface area contributed by atoms with Crippen LogP contribution in [0.3, 0.4) is 0 Å². The third-order valence-corrected chi connectivity index (χ3v) is 2.88. The largest absolute Gasteiger partial charge is 0.325 e. The van der Waals surface area contributed by atoms with E-state index in [0.29, 0.717) is 6.54 Å². The standard InChI is InChI=1S/C13H17N3/c1-8-4-5-9(2)11(6-8)13-10(3)15-16-12(13)7-14/h4-6H,7,14H2,1-3H3,(H,15,16). The number of nitrogens with zero attached hydrogens (tertiary/aromatic N) is 1. The molecule has 0 bridgehead atoms. The summed E-state index contributed by atoms with van der Waals surface area (Å²) in [4.78, 5) is 0. The van der Waals surface area contributed by atoms with Crippen LogP contribution in [0.1, 0.15) is 22.5 Å². The molecule has 0 aliphatic carbocycles. The second-order valence-corrected chi connectivity index (χ2v) is 4.19. The number of H-pyrrole nitrogens is 1. The summed E-state index contributed by atoms with van der Waals surface area (Å²) in [7, 11) is 0. The van der Waals surface area contributed by atoms with Crippen molar-refractivity contribution < 1.29 is 0 Å². The molecule has 84 valence electrons. The Kier molecular flexibility index (Phi) is 2.79. The smallest absolute Gasteiger partial charge is 0.0838 e. The van der Waals surface area contributed by atoms with Crippen molar-refractivity contribution in [2.24, 2.45) is 5.73 Å². The van der Waals surface area contributed by atoms with Crippen LogP contribution in [-0.4, -0.2) is 10.2 Å². The van der Waals surface area contributed by atoms with E-state index >= 15 is 0 Å². The van der Waals surface area contributed by atoms with Gasteiger partial charge < -0.3 is 5.73 Å². The number of aryl methyl sites for hydroxylation is 3. The molecule has 1 aromatic heterocycles. The van der Waals surface area contributed by atoms with Crippen LogP contribution < -0.4 is 5.73 Å². The van der Waals surface area contributed by atoms with Gasteiger partial charge in [-0.2, -0.15) is 5.10 Å². The van der Waals surface area contributed by atoms with Crippen molar-refractivity contribution in [2.45, 2.75) is 27.3 Å². The van der Waals surface area contributed by atoms with Gasteiger partial charge in [0.25, 0.3) is 0 Å². The maximum Gasteiger partial charge on any atom is 0.0838 e. The SMILES string of the molecule is Cc1ccc(C)c(-c2c(CN)n[nH]c2C)c1. The summed E-state index contributed by atoms with van der Waals surface area (Å²) in [5.41, 5.74) is 12.6. The predicted octanol–water partition coefficient (Wildman–Crippen LogP) is 2.46. The summed E-state index contributed by atoms with van der Waals surface area (Å²) >= 11 is 0. The van der Waals surface area contributed by atoms with Crippen LogP contribution in [0.4, 0.5) is 0 Å². The van der Waals surface area contributed by atoms with Gasteiger partial charge in [-0.1, -0.05) is 23.8 Å². The Morgan fingerprint density at radius 1 is 1.25 bits per heavy atom. The van der Waals surface area contributed by atoms with Gasteiger partial charge in [-0.15, -0.1) is 0 Å². The Balaban J connectivity index is 2.66. The predicted molar refractivity (Wildman–Crippen MR) is 66.1 cm³/mol. The Labute approximate surface area is 95.7 Å². The van der Waals surface area contributed by atoms with Crippen LogP contribution in [0.25, 0.3) is 11.1 Å². The Bertz CT molecular complexity index is 512. The normalized spacial score (nSPS) is 10.8. The van der Waals surface area contributed by atoms with Gasteiger partial charge in [0.15, 0.2) is 0 Å². The fraction of sp³-hybridized carbons (Fsp3) is 0.308. The van der Waals surface area contributed by atoms with Gasteiger partial charge >= 0.3 is 0 Å². The van der Waals surface area contributed by atoms with Gasteiger partial charge in [-0.25, -0.2) is 0 Å². The topological polar surface area (TPSA) is 54.7 Å². The quantitative estimate of drug-likeness (QED) is 0.808. The van der Waals surface area contributed by atoms with Crippen LogP contribution in [0.5, 0.6) is 0 Å². The fourth-order valence-electron chi connectivity index (χ4n) is 1.99. The first kappa shape index (κ1) is 10.9. The molecule has 16 heavy (non-hydrogen) atoms. The first-order chi connectivity index (χ1) is 7.63. The van der Waals surface area contributed by atoms with Crippen molar-refractivity contribution in [3.63, 3.8) is 0 Å². The van der Waals surface area contributed by atoms with Crippen LogP contribution in [0.15, 0.2) is 18.2 Å². The van der Waals surface area contributed by atoms with Crippen molar-refractivity contribution in [3.8, 4) is 11.1 Å². The second-order valence-electron chi connectivity index (χ2n) is 4.19. The number of benzene rings is 1. The molecule has 0 spiro atoms. The maximum absolute atomic E-state index is 5.71. The lowest BCUT2D eigenvalue weighted by Crippen LogP contribution is -1.99. The number of nitrogens with one attached hydrogen (secondary N) is 1. The molecule has 0 aliphatic heterocycles. The summed E-state index contributed by atoms with van der Waals surface area (Å²) in [6, 6.07) is 6.44. The molecule has 3 N–H and O–H groups in total. The van der Waals surface area contributed by atoms with Crippen molar-refractivity contribution in [3.05, 3.63) is 40.7 Å². The summed E-state index contributed by atoms with van der Waals surface area (Å²) in [5, 5.41) is 7.23. The van der Waals surface area contributed by atoms with Crippen LogP contribution >= 0.6 is 0 Å². The minimum Gasteiger partial charge on any atom is -0.325 e. The molecule has 0 amide bonds. The molecule has 0 atom stereocenters. The molecular formula is C13H17N3.